The monoisotopic (exact) mass is 220 g/mol. The van der Waals surface area contributed by atoms with Gasteiger partial charge in [0.2, 0.25) is 0 Å². The standard InChI is InChI=1S/Al.ClH.Fe.H2O4S.3H/c;;;1-5(2,3)4;;;/h;1H;;(H2,1,2,3,4);;;. The summed E-state index contributed by atoms with van der Waals surface area (Å²) in [6, 6.07) is 0. The molecule has 0 atom stereocenters. The Hall–Kier alpha value is 1.21. The van der Waals surface area contributed by atoms with Crippen molar-refractivity contribution in [1.82, 2.24) is 0 Å². The minimum absolute atomic E-state index is 0. The van der Waals surface area contributed by atoms with Gasteiger partial charge in [-0.3, -0.25) is 9.11 Å². The molecule has 2 N–H and O–H groups in total. The Kier molecular flexibility index (Phi) is 23.5. The van der Waals surface area contributed by atoms with Crippen LogP contribution in [0, 0.1) is 0 Å². The van der Waals surface area contributed by atoms with Crippen LogP contribution in [0.3, 0.4) is 0 Å². The van der Waals surface area contributed by atoms with E-state index in [9.17, 15) is 0 Å². The van der Waals surface area contributed by atoms with Crippen molar-refractivity contribution in [1.29, 1.82) is 0 Å². The Morgan fingerprint density at radius 2 is 1.12 bits per heavy atom. The van der Waals surface area contributed by atoms with E-state index in [1.807, 2.05) is 0 Å². The molecule has 0 saturated carbocycles. The maximum absolute atomic E-state index is 8.74. The molecule has 54 valence electrons. The van der Waals surface area contributed by atoms with Gasteiger partial charge in [0.25, 0.3) is 0 Å². The van der Waals surface area contributed by atoms with Crippen LogP contribution in [0.25, 0.3) is 0 Å². The average molecular weight is 220 g/mol. The minimum atomic E-state index is -4.67. The molecule has 0 aromatic heterocycles. The summed E-state index contributed by atoms with van der Waals surface area (Å²) in [7, 11) is -4.67. The van der Waals surface area contributed by atoms with Crippen LogP contribution in [0.1, 0.15) is 0 Å². The van der Waals surface area contributed by atoms with Gasteiger partial charge in [0.05, 0.1) is 0 Å². The first-order valence-electron chi connectivity index (χ1n) is 0.698. The molecule has 0 saturated heterocycles. The van der Waals surface area contributed by atoms with Crippen molar-refractivity contribution in [3.63, 3.8) is 0 Å². The second kappa shape index (κ2) is 8.21. The molecular weight excluding hydrogens is 214 g/mol. The SMILES string of the molecule is Cl.O=S(=O)(O)O.[AlH3].[Fe]. The van der Waals surface area contributed by atoms with Crippen molar-refractivity contribution in [3.05, 3.63) is 0 Å². The molecule has 0 bridgehead atoms. The van der Waals surface area contributed by atoms with Gasteiger partial charge in [0.1, 0.15) is 0 Å². The first-order chi connectivity index (χ1) is 2.00. The summed E-state index contributed by atoms with van der Waals surface area (Å²) in [5.74, 6) is 0. The molecule has 0 spiro atoms. The number of hydrogen-bond acceptors (Lipinski definition) is 2. The van der Waals surface area contributed by atoms with Gasteiger partial charge in [-0.2, -0.15) is 8.42 Å². The zero-order valence-corrected chi connectivity index (χ0v) is 5.62. The Morgan fingerprint density at radius 1 is 1.12 bits per heavy atom. The largest absolute Gasteiger partial charge is 0.394 e. The molecule has 0 aromatic carbocycles. The van der Waals surface area contributed by atoms with Crippen LogP contribution in [0.5, 0.6) is 0 Å². The third-order valence-corrected chi connectivity index (χ3v) is 0. The molecule has 8 heavy (non-hydrogen) atoms. The van der Waals surface area contributed by atoms with Crippen LogP contribution >= 0.6 is 12.4 Å². The van der Waals surface area contributed by atoms with Gasteiger partial charge in [-0.1, -0.05) is 0 Å². The van der Waals surface area contributed by atoms with E-state index in [1.54, 1.807) is 0 Å². The zero-order chi connectivity index (χ0) is 4.50. The molecule has 0 aliphatic carbocycles. The Bertz CT molecular complexity index is 99.2. The Morgan fingerprint density at radius 3 is 1.12 bits per heavy atom. The summed E-state index contributed by atoms with van der Waals surface area (Å²) in [5, 5.41) is 0. The van der Waals surface area contributed by atoms with Crippen LogP contribution < -0.4 is 0 Å². The molecule has 0 aromatic rings. The zero-order valence-electron chi connectivity index (χ0n) is 2.88. The second-order valence-corrected chi connectivity index (χ2v) is 1.34. The molecule has 0 unspecified atom stereocenters. The van der Waals surface area contributed by atoms with Gasteiger partial charge < -0.3 is 0 Å². The van der Waals surface area contributed by atoms with Crippen LogP contribution in [0.15, 0.2) is 0 Å². The fourth-order valence-electron chi connectivity index (χ4n) is 0. The molecule has 4 nitrogen and oxygen atoms in total. The summed E-state index contributed by atoms with van der Waals surface area (Å²) in [6.45, 7) is 0. The molecule has 0 rings (SSSR count). The van der Waals surface area contributed by atoms with Crippen molar-refractivity contribution in [2.75, 3.05) is 0 Å². The molecule has 8 heteroatoms. The number of hydrogen-bond donors (Lipinski definition) is 2. The van der Waals surface area contributed by atoms with E-state index in [-0.39, 0.29) is 46.8 Å². The second-order valence-electron chi connectivity index (χ2n) is 0.448. The fraction of sp³-hybridized carbons (Fsp3) is 0. The summed E-state index contributed by atoms with van der Waals surface area (Å²) >= 11 is 0. The maximum atomic E-state index is 8.74. The van der Waals surface area contributed by atoms with E-state index in [1.165, 1.54) is 0 Å². The first kappa shape index (κ1) is 22.9. The molecule has 0 amide bonds. The van der Waals surface area contributed by atoms with Crippen molar-refractivity contribution >= 4 is 40.2 Å². The van der Waals surface area contributed by atoms with E-state index in [0.29, 0.717) is 0 Å². The van der Waals surface area contributed by atoms with E-state index < -0.39 is 10.4 Å². The summed E-state index contributed by atoms with van der Waals surface area (Å²) in [5.41, 5.74) is 0. The van der Waals surface area contributed by atoms with Crippen molar-refractivity contribution in [2.45, 2.75) is 0 Å². The van der Waals surface area contributed by atoms with Crippen LogP contribution in [0.4, 0.5) is 0 Å². The van der Waals surface area contributed by atoms with E-state index in [2.05, 4.69) is 0 Å². The van der Waals surface area contributed by atoms with Crippen LogP contribution in [0.2, 0.25) is 0 Å². The summed E-state index contributed by atoms with van der Waals surface area (Å²) in [6.07, 6.45) is 0. The van der Waals surface area contributed by atoms with E-state index in [0.717, 1.165) is 0 Å². The first-order valence-corrected chi connectivity index (χ1v) is 2.10. The van der Waals surface area contributed by atoms with Crippen LogP contribution in [-0.2, 0) is 27.5 Å². The van der Waals surface area contributed by atoms with Crippen molar-refractivity contribution in [3.8, 4) is 0 Å². The normalized spacial score (nSPS) is 7.25. The molecule has 0 radical (unpaired) electrons. The third-order valence-electron chi connectivity index (χ3n) is 0. The smallest absolute Gasteiger partial charge is 0.264 e. The molecule has 0 aliphatic heterocycles. The van der Waals surface area contributed by atoms with Gasteiger partial charge in [-0.25, -0.2) is 0 Å². The topological polar surface area (TPSA) is 74.6 Å². The van der Waals surface area contributed by atoms with Gasteiger partial charge in [-0.05, 0) is 0 Å². The average Bonchev–Trinajstić information content (AvgIpc) is 0.722. The third kappa shape index (κ3) is 189. The van der Waals surface area contributed by atoms with Crippen LogP contribution in [-0.4, -0.2) is 34.9 Å². The van der Waals surface area contributed by atoms with Gasteiger partial charge in [0.15, 0.2) is 17.4 Å². The van der Waals surface area contributed by atoms with Gasteiger partial charge >= 0.3 is 10.4 Å². The van der Waals surface area contributed by atoms with Crippen molar-refractivity contribution < 1.29 is 34.6 Å². The summed E-state index contributed by atoms with van der Waals surface area (Å²) < 4.78 is 31.6. The molecular formula is H6AlClFeO4S. The Balaban J connectivity index is -0.0000000267. The quantitative estimate of drug-likeness (QED) is 0.388. The minimum Gasteiger partial charge on any atom is -0.264 e. The van der Waals surface area contributed by atoms with E-state index >= 15 is 0 Å². The summed E-state index contributed by atoms with van der Waals surface area (Å²) in [4.78, 5) is 0. The predicted octanol–water partition coefficient (Wildman–Crippen LogP) is -1.42. The maximum Gasteiger partial charge on any atom is 0.394 e. The van der Waals surface area contributed by atoms with E-state index in [4.69, 9.17) is 17.5 Å². The Labute approximate surface area is 74.6 Å². The molecule has 0 fully saturated rings. The predicted molar refractivity (Wildman–Crippen MR) is 31.4 cm³/mol. The molecule has 0 aliphatic rings. The molecule has 0 heterocycles. The van der Waals surface area contributed by atoms with Crippen molar-refractivity contribution in [2.24, 2.45) is 0 Å². The van der Waals surface area contributed by atoms with Gasteiger partial charge in [-0.15, -0.1) is 12.4 Å². The number of rotatable bonds is 0. The van der Waals surface area contributed by atoms with Gasteiger partial charge in [0, 0.05) is 17.1 Å². The number of halogens is 1. The fourth-order valence-corrected chi connectivity index (χ4v) is 0.